The van der Waals surface area contributed by atoms with Crippen molar-refractivity contribution in [1.82, 2.24) is 10.2 Å². The van der Waals surface area contributed by atoms with Crippen molar-refractivity contribution < 1.29 is 5.11 Å². The van der Waals surface area contributed by atoms with E-state index in [2.05, 4.69) is 10.2 Å². The van der Waals surface area contributed by atoms with Gasteiger partial charge in [0.25, 0.3) is 0 Å². The molecule has 2 saturated heterocycles. The van der Waals surface area contributed by atoms with Crippen molar-refractivity contribution in [3.05, 3.63) is 0 Å². The standard InChI is InChI=1S/C13H24N2O/c16-12-1-7-15(8-2-12)11-9-13(10-11)3-5-14-6-4-13/h11-12,14,16H,1-10H2. The van der Waals surface area contributed by atoms with Gasteiger partial charge in [0.05, 0.1) is 6.10 Å². The summed E-state index contributed by atoms with van der Waals surface area (Å²) in [5.74, 6) is 0. The zero-order valence-electron chi connectivity index (χ0n) is 10.1. The lowest BCUT2D eigenvalue weighted by Gasteiger charge is -2.55. The molecule has 3 rings (SSSR count). The average molecular weight is 224 g/mol. The molecule has 2 heterocycles. The van der Waals surface area contributed by atoms with Crippen molar-refractivity contribution in [3.8, 4) is 0 Å². The van der Waals surface area contributed by atoms with Gasteiger partial charge < -0.3 is 15.3 Å². The van der Waals surface area contributed by atoms with Crippen LogP contribution in [0.15, 0.2) is 0 Å². The van der Waals surface area contributed by atoms with E-state index in [9.17, 15) is 5.11 Å². The van der Waals surface area contributed by atoms with Crippen LogP contribution in [0, 0.1) is 5.41 Å². The molecule has 3 fully saturated rings. The molecule has 92 valence electrons. The van der Waals surface area contributed by atoms with Gasteiger partial charge >= 0.3 is 0 Å². The summed E-state index contributed by atoms with van der Waals surface area (Å²) in [5.41, 5.74) is 0.700. The Kier molecular flexibility index (Phi) is 2.94. The Labute approximate surface area is 98.2 Å². The Morgan fingerprint density at radius 2 is 1.69 bits per heavy atom. The summed E-state index contributed by atoms with van der Waals surface area (Å²) >= 11 is 0. The van der Waals surface area contributed by atoms with Crippen LogP contribution < -0.4 is 5.32 Å². The van der Waals surface area contributed by atoms with Crippen LogP contribution in [0.2, 0.25) is 0 Å². The molecule has 0 aromatic carbocycles. The number of piperidine rings is 2. The molecular formula is C13H24N2O. The zero-order chi connectivity index (χ0) is 11.0. The summed E-state index contributed by atoms with van der Waals surface area (Å²) in [6.07, 6.45) is 7.58. The average Bonchev–Trinajstić information content (AvgIpc) is 2.28. The fourth-order valence-corrected chi connectivity index (χ4v) is 3.81. The van der Waals surface area contributed by atoms with Crippen molar-refractivity contribution in [2.45, 2.75) is 50.7 Å². The second-order valence-electron chi connectivity index (χ2n) is 6.08. The van der Waals surface area contributed by atoms with Gasteiger partial charge in [-0.25, -0.2) is 0 Å². The van der Waals surface area contributed by atoms with Gasteiger partial charge in [-0.2, -0.15) is 0 Å². The highest BCUT2D eigenvalue weighted by Gasteiger charge is 2.46. The SMILES string of the molecule is OC1CCN(C2CC3(CCNCC3)C2)CC1. The second kappa shape index (κ2) is 4.28. The van der Waals surface area contributed by atoms with Gasteiger partial charge in [-0.1, -0.05) is 0 Å². The first-order valence-corrected chi connectivity index (χ1v) is 6.90. The van der Waals surface area contributed by atoms with E-state index < -0.39 is 0 Å². The van der Waals surface area contributed by atoms with Crippen molar-refractivity contribution >= 4 is 0 Å². The van der Waals surface area contributed by atoms with Crippen molar-refractivity contribution in [2.24, 2.45) is 5.41 Å². The molecule has 1 spiro atoms. The number of rotatable bonds is 1. The summed E-state index contributed by atoms with van der Waals surface area (Å²) < 4.78 is 0. The van der Waals surface area contributed by atoms with Crippen LogP contribution in [-0.4, -0.2) is 48.3 Å². The summed E-state index contributed by atoms with van der Waals surface area (Å²) in [4.78, 5) is 2.63. The lowest BCUT2D eigenvalue weighted by atomic mass is 9.60. The van der Waals surface area contributed by atoms with Gasteiger partial charge in [0.1, 0.15) is 0 Å². The highest BCUT2D eigenvalue weighted by atomic mass is 16.3. The Morgan fingerprint density at radius 1 is 1.06 bits per heavy atom. The number of likely N-dealkylation sites (tertiary alicyclic amines) is 1. The van der Waals surface area contributed by atoms with Gasteiger partial charge in [0.2, 0.25) is 0 Å². The molecule has 16 heavy (non-hydrogen) atoms. The van der Waals surface area contributed by atoms with Crippen LogP contribution in [0.25, 0.3) is 0 Å². The van der Waals surface area contributed by atoms with E-state index in [0.717, 1.165) is 32.0 Å². The second-order valence-corrected chi connectivity index (χ2v) is 6.08. The van der Waals surface area contributed by atoms with E-state index in [-0.39, 0.29) is 6.10 Å². The van der Waals surface area contributed by atoms with Crippen molar-refractivity contribution in [1.29, 1.82) is 0 Å². The minimum absolute atomic E-state index is 0.0239. The molecule has 0 radical (unpaired) electrons. The molecule has 3 heteroatoms. The maximum Gasteiger partial charge on any atom is 0.0564 e. The van der Waals surface area contributed by atoms with Crippen LogP contribution in [-0.2, 0) is 0 Å². The lowest BCUT2D eigenvalue weighted by molar-refractivity contribution is -0.0423. The van der Waals surface area contributed by atoms with E-state index >= 15 is 0 Å². The molecule has 3 aliphatic rings. The highest BCUT2D eigenvalue weighted by Crippen LogP contribution is 2.50. The first-order valence-electron chi connectivity index (χ1n) is 6.90. The maximum absolute atomic E-state index is 9.51. The van der Waals surface area contributed by atoms with Gasteiger partial charge in [-0.3, -0.25) is 0 Å². The third-order valence-corrected chi connectivity index (χ3v) is 5.02. The van der Waals surface area contributed by atoms with E-state index in [0.29, 0.717) is 5.41 Å². The van der Waals surface area contributed by atoms with E-state index in [1.807, 2.05) is 0 Å². The largest absolute Gasteiger partial charge is 0.393 e. The molecular weight excluding hydrogens is 200 g/mol. The first-order chi connectivity index (χ1) is 7.77. The van der Waals surface area contributed by atoms with Crippen LogP contribution in [0.3, 0.4) is 0 Å². The molecule has 0 atom stereocenters. The Morgan fingerprint density at radius 3 is 2.31 bits per heavy atom. The fourth-order valence-electron chi connectivity index (χ4n) is 3.81. The third kappa shape index (κ3) is 2.01. The molecule has 2 aliphatic heterocycles. The molecule has 1 aliphatic carbocycles. The van der Waals surface area contributed by atoms with Crippen molar-refractivity contribution in [2.75, 3.05) is 26.2 Å². The predicted octanol–water partition coefficient (Wildman–Crippen LogP) is 0.975. The predicted molar refractivity (Wildman–Crippen MR) is 64.4 cm³/mol. The van der Waals surface area contributed by atoms with Gasteiger partial charge in [0, 0.05) is 19.1 Å². The highest BCUT2D eigenvalue weighted by molar-refractivity contribution is 5.01. The Hall–Kier alpha value is -0.120. The maximum atomic E-state index is 9.51. The smallest absolute Gasteiger partial charge is 0.0564 e. The molecule has 0 unspecified atom stereocenters. The number of aliphatic hydroxyl groups excluding tert-OH is 1. The van der Waals surface area contributed by atoms with Crippen LogP contribution in [0.5, 0.6) is 0 Å². The summed E-state index contributed by atoms with van der Waals surface area (Å²) in [6, 6.07) is 0.839. The number of nitrogens with zero attached hydrogens (tertiary/aromatic N) is 1. The Bertz CT molecular complexity index is 234. The minimum Gasteiger partial charge on any atom is -0.393 e. The monoisotopic (exact) mass is 224 g/mol. The molecule has 0 aromatic rings. The summed E-state index contributed by atoms with van der Waals surface area (Å²) in [7, 11) is 0. The molecule has 0 bridgehead atoms. The van der Waals surface area contributed by atoms with Crippen LogP contribution >= 0.6 is 0 Å². The molecule has 1 saturated carbocycles. The first kappa shape index (κ1) is 11.0. The minimum atomic E-state index is -0.0239. The van der Waals surface area contributed by atoms with E-state index in [1.165, 1.54) is 38.8 Å². The lowest BCUT2D eigenvalue weighted by Crippen LogP contribution is -2.56. The van der Waals surface area contributed by atoms with Crippen LogP contribution in [0.4, 0.5) is 0 Å². The number of aliphatic hydroxyl groups is 1. The van der Waals surface area contributed by atoms with E-state index in [4.69, 9.17) is 0 Å². The van der Waals surface area contributed by atoms with E-state index in [1.54, 1.807) is 0 Å². The normalized spacial score (nSPS) is 32.8. The zero-order valence-corrected chi connectivity index (χ0v) is 10.1. The number of hydrogen-bond donors (Lipinski definition) is 2. The topological polar surface area (TPSA) is 35.5 Å². The fraction of sp³-hybridized carbons (Fsp3) is 1.00. The van der Waals surface area contributed by atoms with Crippen molar-refractivity contribution in [3.63, 3.8) is 0 Å². The molecule has 0 aromatic heterocycles. The quantitative estimate of drug-likeness (QED) is 0.697. The number of hydrogen-bond acceptors (Lipinski definition) is 3. The summed E-state index contributed by atoms with van der Waals surface area (Å²) in [5, 5.41) is 13.0. The van der Waals surface area contributed by atoms with Crippen LogP contribution in [0.1, 0.15) is 38.5 Å². The van der Waals surface area contributed by atoms with Gasteiger partial charge in [-0.05, 0) is 57.0 Å². The third-order valence-electron chi connectivity index (χ3n) is 5.02. The molecule has 2 N–H and O–H groups in total. The number of nitrogens with one attached hydrogen (secondary N) is 1. The van der Waals surface area contributed by atoms with Gasteiger partial charge in [0.15, 0.2) is 0 Å². The molecule has 3 nitrogen and oxygen atoms in total. The summed E-state index contributed by atoms with van der Waals surface area (Å²) in [6.45, 7) is 4.71. The molecule has 0 amide bonds. The van der Waals surface area contributed by atoms with Gasteiger partial charge in [-0.15, -0.1) is 0 Å². The Balaban J connectivity index is 1.49.